The molecule has 0 bridgehead atoms. The number of para-hydroxylation sites is 2. The number of pyridine rings is 2. The van der Waals surface area contributed by atoms with Crippen LogP contribution in [0.4, 0.5) is 17.3 Å². The van der Waals surface area contributed by atoms with E-state index in [-0.39, 0.29) is 17.1 Å². The summed E-state index contributed by atoms with van der Waals surface area (Å²) < 4.78 is 57.0. The Labute approximate surface area is 361 Å². The van der Waals surface area contributed by atoms with Gasteiger partial charge in [0.1, 0.15) is 22.7 Å². The van der Waals surface area contributed by atoms with Crippen LogP contribution in [0.3, 0.4) is 0 Å². The number of nitrogens with one attached hydrogen (secondary N) is 2. The van der Waals surface area contributed by atoms with Gasteiger partial charge in [-0.1, -0.05) is 63.1 Å². The number of nitrogens with zero attached hydrogens (tertiary/aromatic N) is 7. The zero-order chi connectivity index (χ0) is 44.4. The first kappa shape index (κ1) is 45.8. The molecular weight excluding hydrogens is 831 g/mol. The molecule has 4 aromatic heterocycles. The van der Waals surface area contributed by atoms with E-state index in [2.05, 4.69) is 48.5 Å². The Balaban J connectivity index is 0.000000214. The summed E-state index contributed by atoms with van der Waals surface area (Å²) in [4.78, 5) is 28.8. The van der Waals surface area contributed by atoms with E-state index in [1.807, 2.05) is 42.5 Å². The van der Waals surface area contributed by atoms with Gasteiger partial charge in [-0.2, -0.15) is 0 Å². The number of unbranched alkanes of at least 4 members (excludes halogenated alkanes) is 4. The van der Waals surface area contributed by atoms with Crippen molar-refractivity contribution in [3.05, 3.63) is 94.6 Å². The van der Waals surface area contributed by atoms with Gasteiger partial charge < -0.3 is 20.6 Å². The Morgan fingerprint density at radius 3 is 1.52 bits per heavy atom. The quantitative estimate of drug-likeness (QED) is 0.0343. The first-order valence-corrected chi connectivity index (χ1v) is 24.3. The van der Waals surface area contributed by atoms with E-state index in [1.165, 1.54) is 30.5 Å². The molecular formula is C43H55N11O6S2. The summed E-state index contributed by atoms with van der Waals surface area (Å²) in [5.41, 5.74) is 17.4. The van der Waals surface area contributed by atoms with Gasteiger partial charge in [0.2, 0.25) is 20.0 Å². The van der Waals surface area contributed by atoms with Gasteiger partial charge >= 0.3 is 0 Å². The number of aryl methyl sites for hydroxylation is 4. The number of anilines is 2. The molecule has 0 saturated carbocycles. The van der Waals surface area contributed by atoms with Crippen LogP contribution in [0.15, 0.2) is 77.7 Å². The van der Waals surface area contributed by atoms with Crippen molar-refractivity contribution in [3.8, 4) is 0 Å². The molecule has 4 heterocycles. The Morgan fingerprint density at radius 2 is 1.08 bits per heavy atom. The van der Waals surface area contributed by atoms with E-state index in [4.69, 9.17) is 21.4 Å². The molecule has 6 N–H and O–H groups in total. The van der Waals surface area contributed by atoms with Crippen LogP contribution in [0.25, 0.3) is 43.9 Å². The monoisotopic (exact) mass is 885 g/mol. The smallest absolute Gasteiger partial charge is 0.269 e. The number of nitrogen functional groups attached to an aromatic ring is 2. The van der Waals surface area contributed by atoms with Crippen molar-refractivity contribution in [2.45, 2.75) is 96.0 Å². The topological polar surface area (TPSA) is 249 Å². The highest BCUT2D eigenvalue weighted by atomic mass is 32.2. The van der Waals surface area contributed by atoms with Crippen molar-refractivity contribution in [2.24, 2.45) is 0 Å². The van der Waals surface area contributed by atoms with Gasteiger partial charge in [-0.05, 0) is 62.8 Å². The van der Waals surface area contributed by atoms with Gasteiger partial charge in [0, 0.05) is 61.9 Å². The minimum atomic E-state index is -3.74. The SMILES string of the molecule is CCCCc1nc2c(N)nc3ccccc3c2n1CCCCNS(=O)(=O)c1ccc([N+](=O)[O-])cc1.CCCCc1nc2c(N)nc3ccccc3c2n1CCCCNS(C)(=O)=O. The maximum atomic E-state index is 12.5. The van der Waals surface area contributed by atoms with E-state index in [9.17, 15) is 26.9 Å². The zero-order valence-corrected chi connectivity index (χ0v) is 37.0. The number of nitrogens with two attached hydrogens (primary N) is 2. The van der Waals surface area contributed by atoms with Gasteiger partial charge in [0.25, 0.3) is 5.69 Å². The molecule has 0 aliphatic rings. The normalized spacial score (nSPS) is 12.0. The maximum Gasteiger partial charge on any atom is 0.269 e. The molecule has 0 atom stereocenters. The number of aromatic nitrogens is 6. The molecule has 7 aromatic rings. The number of benzene rings is 3. The summed E-state index contributed by atoms with van der Waals surface area (Å²) in [6.07, 6.45) is 10.0. The molecule has 62 heavy (non-hydrogen) atoms. The molecule has 0 aliphatic carbocycles. The standard InChI is InChI=1S/C24H28N6O4S.C19H27N5O2S/c1-2-3-10-21-28-22-23(19-8-4-5-9-20(19)27-24(22)25)29(21)16-7-6-15-26-35(33,34)18-13-11-17(12-14-18)30(31)32;1-3-4-11-16-23-17-18(14-9-5-6-10-15(14)22-19(17)20)24(16)13-8-7-12-21-27(2,25)26/h4-5,8-9,11-14,26H,2-3,6-7,10,15-16H2,1H3,(H2,25,27);5-6,9-10,21H,3-4,7-8,11-13H2,1-2H3,(H2,20,22). The summed E-state index contributed by atoms with van der Waals surface area (Å²) in [5.74, 6) is 2.84. The molecule has 7 rings (SSSR count). The summed E-state index contributed by atoms with van der Waals surface area (Å²) in [6.45, 7) is 6.43. The van der Waals surface area contributed by atoms with Crippen LogP contribution in [0.2, 0.25) is 0 Å². The van der Waals surface area contributed by atoms with Crippen LogP contribution in [0.5, 0.6) is 0 Å². The molecule has 0 fully saturated rings. The van der Waals surface area contributed by atoms with Crippen LogP contribution in [0, 0.1) is 10.1 Å². The molecule has 330 valence electrons. The van der Waals surface area contributed by atoms with E-state index >= 15 is 0 Å². The second-order valence-electron chi connectivity index (χ2n) is 15.2. The minimum absolute atomic E-state index is 0.000000473. The van der Waals surface area contributed by atoms with Gasteiger partial charge in [0.15, 0.2) is 11.6 Å². The third-order valence-corrected chi connectivity index (χ3v) is 12.7. The van der Waals surface area contributed by atoms with Crippen molar-refractivity contribution in [3.63, 3.8) is 0 Å². The van der Waals surface area contributed by atoms with E-state index < -0.39 is 25.0 Å². The van der Waals surface area contributed by atoms with Crippen LogP contribution in [0.1, 0.15) is 76.9 Å². The molecule has 3 aromatic carbocycles. The molecule has 0 unspecified atom stereocenters. The number of fused-ring (bicyclic) bond motifs is 6. The van der Waals surface area contributed by atoms with Gasteiger partial charge in [-0.15, -0.1) is 0 Å². The van der Waals surface area contributed by atoms with Crippen LogP contribution in [-0.4, -0.2) is 70.2 Å². The average Bonchev–Trinajstić information content (AvgIpc) is 3.81. The lowest BCUT2D eigenvalue weighted by molar-refractivity contribution is -0.384. The van der Waals surface area contributed by atoms with Crippen molar-refractivity contribution >= 4 is 81.2 Å². The maximum absolute atomic E-state index is 12.5. The fraction of sp³-hybridized carbons (Fsp3) is 0.395. The first-order valence-electron chi connectivity index (χ1n) is 21.0. The first-order chi connectivity index (χ1) is 29.7. The van der Waals surface area contributed by atoms with Gasteiger partial charge in [-0.3, -0.25) is 10.1 Å². The second-order valence-corrected chi connectivity index (χ2v) is 18.8. The van der Waals surface area contributed by atoms with E-state index in [0.29, 0.717) is 36.7 Å². The number of sulfonamides is 2. The highest BCUT2D eigenvalue weighted by Crippen LogP contribution is 2.31. The Hall–Kier alpha value is -5.76. The number of hydrogen-bond donors (Lipinski definition) is 4. The van der Waals surface area contributed by atoms with Crippen LogP contribution < -0.4 is 20.9 Å². The molecule has 0 spiro atoms. The van der Waals surface area contributed by atoms with E-state index in [0.717, 1.165) is 114 Å². The van der Waals surface area contributed by atoms with Crippen molar-refractivity contribution < 1.29 is 21.8 Å². The third kappa shape index (κ3) is 11.0. The Kier molecular flexibility index (Phi) is 15.1. The van der Waals surface area contributed by atoms with Crippen LogP contribution >= 0.6 is 0 Å². The molecule has 19 heteroatoms. The number of nitro benzene ring substituents is 1. The van der Waals surface area contributed by atoms with Gasteiger partial charge in [-0.25, -0.2) is 46.2 Å². The Bertz CT molecular complexity index is 2900. The summed E-state index contributed by atoms with van der Waals surface area (Å²) in [6, 6.07) is 20.7. The zero-order valence-electron chi connectivity index (χ0n) is 35.4. The lowest BCUT2D eigenvalue weighted by atomic mass is 10.2. The molecule has 0 aliphatic heterocycles. The average molecular weight is 886 g/mol. The summed E-state index contributed by atoms with van der Waals surface area (Å²) in [5, 5.41) is 12.8. The van der Waals surface area contributed by atoms with Gasteiger partial charge in [0.05, 0.1) is 38.1 Å². The summed E-state index contributed by atoms with van der Waals surface area (Å²) >= 11 is 0. The van der Waals surface area contributed by atoms with Crippen LogP contribution in [-0.2, 0) is 46.0 Å². The fourth-order valence-electron chi connectivity index (χ4n) is 7.43. The third-order valence-electron chi connectivity index (χ3n) is 10.5. The predicted molar refractivity (Wildman–Crippen MR) is 246 cm³/mol. The van der Waals surface area contributed by atoms with Crippen molar-refractivity contribution in [1.29, 1.82) is 0 Å². The van der Waals surface area contributed by atoms with Crippen molar-refractivity contribution in [1.82, 2.24) is 38.5 Å². The summed E-state index contributed by atoms with van der Waals surface area (Å²) in [7, 11) is -6.88. The number of rotatable bonds is 20. The molecule has 17 nitrogen and oxygen atoms in total. The number of nitro groups is 1. The predicted octanol–water partition coefficient (Wildman–Crippen LogP) is 7.01. The molecule has 0 radical (unpaired) electrons. The highest BCUT2D eigenvalue weighted by Gasteiger charge is 2.19. The second kappa shape index (κ2) is 20.4. The highest BCUT2D eigenvalue weighted by molar-refractivity contribution is 7.89. The van der Waals surface area contributed by atoms with Crippen molar-refractivity contribution in [2.75, 3.05) is 30.8 Å². The molecule has 0 saturated heterocycles. The van der Waals surface area contributed by atoms with E-state index in [1.54, 1.807) is 0 Å². The lowest BCUT2D eigenvalue weighted by Crippen LogP contribution is -2.25. The lowest BCUT2D eigenvalue weighted by Gasteiger charge is -2.11. The molecule has 0 amide bonds. The minimum Gasteiger partial charge on any atom is -0.382 e. The fourth-order valence-corrected chi connectivity index (χ4v) is 9.02. The Morgan fingerprint density at radius 1 is 0.629 bits per heavy atom. The largest absolute Gasteiger partial charge is 0.382 e. The number of hydrogen-bond acceptors (Lipinski definition) is 12. The number of non-ortho nitro benzene ring substituents is 1. The number of imidazole rings is 2.